The summed E-state index contributed by atoms with van der Waals surface area (Å²) >= 11 is 5.26. The molecule has 0 aliphatic rings. The van der Waals surface area contributed by atoms with Crippen LogP contribution in [0.2, 0.25) is 0 Å². The second-order valence-electron chi connectivity index (χ2n) is 2.37. The number of halogens is 1. The predicted octanol–water partition coefficient (Wildman–Crippen LogP) is 0.778. The molecule has 1 atom stereocenters. The Bertz CT molecular complexity index is 103. The van der Waals surface area contributed by atoms with Gasteiger partial charge < -0.3 is 5.73 Å². The molecular weight excluding hydrogens is 138 g/mol. The van der Waals surface area contributed by atoms with Gasteiger partial charge in [-0.3, -0.25) is 4.79 Å². The fourth-order valence-electron chi connectivity index (χ4n) is 0.461. The summed E-state index contributed by atoms with van der Waals surface area (Å²) in [5.74, 6) is 0.141. The van der Waals surface area contributed by atoms with Gasteiger partial charge in [0.05, 0.1) is 11.9 Å². The van der Waals surface area contributed by atoms with Crippen molar-refractivity contribution in [3.8, 4) is 0 Å². The van der Waals surface area contributed by atoms with Crippen LogP contribution in [0.5, 0.6) is 0 Å². The number of alkyl halides is 1. The monoisotopic (exact) mass is 149 g/mol. The molecule has 0 radical (unpaired) electrons. The molecule has 1 unspecified atom stereocenters. The third kappa shape index (κ3) is 2.82. The minimum atomic E-state index is -0.387. The van der Waals surface area contributed by atoms with E-state index in [9.17, 15) is 4.79 Å². The van der Waals surface area contributed by atoms with Crippen molar-refractivity contribution >= 4 is 17.4 Å². The second-order valence-corrected chi connectivity index (χ2v) is 2.64. The normalized spacial score (nSPS) is 13.9. The third-order valence-corrected chi connectivity index (χ3v) is 1.49. The molecule has 54 valence electrons. The Kier molecular flexibility index (Phi) is 3.82. The lowest BCUT2D eigenvalue weighted by Crippen LogP contribution is -2.36. The van der Waals surface area contributed by atoms with Crippen LogP contribution in [0.3, 0.4) is 0 Å². The summed E-state index contributed by atoms with van der Waals surface area (Å²) in [6, 6.07) is -0.387. The third-order valence-electron chi connectivity index (χ3n) is 1.22. The lowest BCUT2D eigenvalue weighted by molar-refractivity contribution is -0.118. The van der Waals surface area contributed by atoms with E-state index in [0.717, 1.165) is 0 Å². The van der Waals surface area contributed by atoms with Crippen molar-refractivity contribution in [2.45, 2.75) is 19.9 Å². The van der Waals surface area contributed by atoms with Crippen molar-refractivity contribution in [2.75, 3.05) is 5.88 Å². The van der Waals surface area contributed by atoms with Gasteiger partial charge in [0.1, 0.15) is 0 Å². The molecular formula is C6H12ClNO. The van der Waals surface area contributed by atoms with Gasteiger partial charge >= 0.3 is 0 Å². The molecule has 3 heteroatoms. The van der Waals surface area contributed by atoms with Crippen LogP contribution in [0.25, 0.3) is 0 Å². The lowest BCUT2D eigenvalue weighted by Gasteiger charge is -2.11. The second kappa shape index (κ2) is 3.85. The maximum Gasteiger partial charge on any atom is 0.164 e. The fourth-order valence-corrected chi connectivity index (χ4v) is 0.639. The molecule has 0 rings (SSSR count). The van der Waals surface area contributed by atoms with Crippen LogP contribution in [0.4, 0.5) is 0 Å². The summed E-state index contributed by atoms with van der Waals surface area (Å²) in [6.07, 6.45) is 0. The van der Waals surface area contributed by atoms with Crippen molar-refractivity contribution in [2.24, 2.45) is 11.7 Å². The van der Waals surface area contributed by atoms with Crippen molar-refractivity contribution in [1.29, 1.82) is 0 Å². The zero-order valence-electron chi connectivity index (χ0n) is 5.73. The number of ketones is 1. The quantitative estimate of drug-likeness (QED) is 0.603. The van der Waals surface area contributed by atoms with Crippen LogP contribution in [-0.2, 0) is 4.79 Å². The van der Waals surface area contributed by atoms with Gasteiger partial charge in [0, 0.05) is 0 Å². The molecule has 0 aliphatic heterocycles. The lowest BCUT2D eigenvalue weighted by atomic mass is 10.0. The fraction of sp³-hybridized carbons (Fsp3) is 0.833. The molecule has 0 aliphatic carbocycles. The van der Waals surface area contributed by atoms with E-state index in [1.807, 2.05) is 13.8 Å². The van der Waals surface area contributed by atoms with E-state index in [4.69, 9.17) is 17.3 Å². The molecule has 0 fully saturated rings. The maximum absolute atomic E-state index is 10.7. The number of carbonyl (C=O) groups is 1. The molecule has 0 amide bonds. The van der Waals surface area contributed by atoms with Crippen LogP contribution >= 0.6 is 11.6 Å². The highest BCUT2D eigenvalue weighted by Gasteiger charge is 2.14. The highest BCUT2D eigenvalue weighted by molar-refractivity contribution is 6.28. The number of rotatable bonds is 3. The summed E-state index contributed by atoms with van der Waals surface area (Å²) in [4.78, 5) is 10.7. The van der Waals surface area contributed by atoms with Gasteiger partial charge in [0.15, 0.2) is 5.78 Å². The van der Waals surface area contributed by atoms with Crippen molar-refractivity contribution in [1.82, 2.24) is 0 Å². The molecule has 9 heavy (non-hydrogen) atoms. The van der Waals surface area contributed by atoms with Crippen molar-refractivity contribution < 1.29 is 4.79 Å². The maximum atomic E-state index is 10.7. The van der Waals surface area contributed by atoms with Gasteiger partial charge in [-0.2, -0.15) is 0 Å². The van der Waals surface area contributed by atoms with Gasteiger partial charge in [0.25, 0.3) is 0 Å². The van der Waals surface area contributed by atoms with E-state index in [1.54, 1.807) is 0 Å². The Hall–Kier alpha value is -0.0800. The van der Waals surface area contributed by atoms with Gasteiger partial charge in [-0.25, -0.2) is 0 Å². The van der Waals surface area contributed by atoms with E-state index < -0.39 is 0 Å². The Labute approximate surface area is 60.4 Å². The number of hydrogen-bond acceptors (Lipinski definition) is 2. The predicted molar refractivity (Wildman–Crippen MR) is 38.5 cm³/mol. The molecule has 0 heterocycles. The van der Waals surface area contributed by atoms with Gasteiger partial charge in [0.2, 0.25) is 0 Å². The van der Waals surface area contributed by atoms with Gasteiger partial charge in [-0.15, -0.1) is 11.6 Å². The Balaban J connectivity index is 3.72. The first-order chi connectivity index (χ1) is 4.09. The van der Waals surface area contributed by atoms with E-state index >= 15 is 0 Å². The Morgan fingerprint density at radius 3 is 2.22 bits per heavy atom. The minimum absolute atomic E-state index is 0.0271. The molecule has 0 spiro atoms. The van der Waals surface area contributed by atoms with E-state index in [0.29, 0.717) is 0 Å². The summed E-state index contributed by atoms with van der Waals surface area (Å²) in [6.45, 7) is 3.80. The number of carbonyl (C=O) groups excluding carboxylic acids is 1. The zero-order valence-corrected chi connectivity index (χ0v) is 6.48. The van der Waals surface area contributed by atoms with E-state index in [-0.39, 0.29) is 23.6 Å². The molecule has 2 N–H and O–H groups in total. The number of nitrogens with two attached hydrogens (primary N) is 1. The first kappa shape index (κ1) is 8.92. The first-order valence-corrected chi connectivity index (χ1v) is 3.47. The molecule has 2 nitrogen and oxygen atoms in total. The highest BCUT2D eigenvalue weighted by Crippen LogP contribution is 1.99. The van der Waals surface area contributed by atoms with Gasteiger partial charge in [-0.05, 0) is 5.92 Å². The van der Waals surface area contributed by atoms with Crippen molar-refractivity contribution in [3.63, 3.8) is 0 Å². The highest BCUT2D eigenvalue weighted by atomic mass is 35.5. The molecule has 0 aromatic rings. The summed E-state index contributed by atoms with van der Waals surface area (Å²) in [7, 11) is 0. The van der Waals surface area contributed by atoms with Crippen LogP contribution < -0.4 is 5.73 Å². The molecule has 0 saturated heterocycles. The van der Waals surface area contributed by atoms with E-state index in [2.05, 4.69) is 0 Å². The summed E-state index contributed by atoms with van der Waals surface area (Å²) in [5.41, 5.74) is 5.44. The Morgan fingerprint density at radius 1 is 1.67 bits per heavy atom. The average Bonchev–Trinajstić information content (AvgIpc) is 1.84. The minimum Gasteiger partial charge on any atom is -0.321 e. The van der Waals surface area contributed by atoms with E-state index in [1.165, 1.54) is 0 Å². The van der Waals surface area contributed by atoms with Crippen LogP contribution in [0, 0.1) is 5.92 Å². The first-order valence-electron chi connectivity index (χ1n) is 2.93. The van der Waals surface area contributed by atoms with Gasteiger partial charge in [-0.1, -0.05) is 13.8 Å². The average molecular weight is 150 g/mol. The zero-order chi connectivity index (χ0) is 7.44. The standard InChI is InChI=1S/C6H12ClNO/c1-4(2)6(8)5(9)3-7/h4,6H,3,8H2,1-2H3. The topological polar surface area (TPSA) is 43.1 Å². The SMILES string of the molecule is CC(C)C(N)C(=O)CCl. The van der Waals surface area contributed by atoms with Crippen LogP contribution in [0.1, 0.15) is 13.8 Å². The Morgan fingerprint density at radius 2 is 2.11 bits per heavy atom. The van der Waals surface area contributed by atoms with Crippen molar-refractivity contribution in [3.05, 3.63) is 0 Å². The molecule has 0 aromatic heterocycles. The van der Waals surface area contributed by atoms with Crippen LogP contribution in [0.15, 0.2) is 0 Å². The largest absolute Gasteiger partial charge is 0.321 e. The smallest absolute Gasteiger partial charge is 0.164 e. The number of Topliss-reactive ketones (excluding diaryl/α,β-unsaturated/α-hetero) is 1. The summed E-state index contributed by atoms with van der Waals surface area (Å²) < 4.78 is 0. The number of hydrogen-bond donors (Lipinski definition) is 1. The summed E-state index contributed by atoms with van der Waals surface area (Å²) in [5, 5.41) is 0. The molecule has 0 saturated carbocycles. The molecule has 0 aromatic carbocycles. The van der Waals surface area contributed by atoms with Crippen LogP contribution in [-0.4, -0.2) is 17.7 Å². The molecule has 0 bridgehead atoms.